The van der Waals surface area contributed by atoms with Crippen molar-refractivity contribution in [3.8, 4) is 33.4 Å². The normalized spacial score (nSPS) is 12.6. The van der Waals surface area contributed by atoms with Crippen LogP contribution in [0.4, 0.5) is 34.1 Å². The monoisotopic (exact) mass is 1110 g/mol. The highest BCUT2D eigenvalue weighted by atomic mass is 16.3. The second kappa shape index (κ2) is 20.0. The van der Waals surface area contributed by atoms with Gasteiger partial charge in [0, 0.05) is 54.8 Å². The number of benzene rings is 14. The Kier molecular flexibility index (Phi) is 11.6. The molecule has 0 radical (unpaired) electrons. The minimum Gasteiger partial charge on any atom is -0.453 e. The lowest BCUT2D eigenvalue weighted by Crippen LogP contribution is -2.29. The maximum Gasteiger partial charge on any atom is 0.159 e. The third-order valence-electron chi connectivity index (χ3n) is 18.2. The van der Waals surface area contributed by atoms with Gasteiger partial charge in [-0.15, -0.1) is 0 Å². The molecular formula is C83H56N2O2. The number of furan rings is 2. The summed E-state index contributed by atoms with van der Waals surface area (Å²) in [5, 5.41) is 8.85. The van der Waals surface area contributed by atoms with E-state index in [0.29, 0.717) is 0 Å². The van der Waals surface area contributed by atoms with Crippen molar-refractivity contribution < 1.29 is 8.83 Å². The summed E-state index contributed by atoms with van der Waals surface area (Å²) < 4.78 is 14.7. The van der Waals surface area contributed by atoms with Crippen LogP contribution in [-0.4, -0.2) is 0 Å². The van der Waals surface area contributed by atoms with Crippen LogP contribution in [0.15, 0.2) is 312 Å². The SMILES string of the molecule is Cc1cccc(N(c2cc3c(c4ccccc24)-c2c(cc(N(c4cccc(C)c4)c4cccc5c4oc4c(-c6ccccc6)cccc45)c4ccccc24)C3(c2ccccc2)c2ccccc2)c2cccc3c2oc2c(-c4ccccc4)cccc23)c1. The number of aryl methyl sites for hydroxylation is 2. The summed E-state index contributed by atoms with van der Waals surface area (Å²) in [7, 11) is 0. The van der Waals surface area contributed by atoms with E-state index in [9.17, 15) is 0 Å². The number of nitrogens with zero attached hydrogens (tertiary/aromatic N) is 2. The zero-order valence-electron chi connectivity index (χ0n) is 48.1. The Morgan fingerprint density at radius 1 is 0.264 bits per heavy atom. The van der Waals surface area contributed by atoms with Gasteiger partial charge in [-0.1, -0.05) is 255 Å². The van der Waals surface area contributed by atoms with Gasteiger partial charge in [0.15, 0.2) is 11.2 Å². The van der Waals surface area contributed by atoms with Crippen LogP contribution in [0.25, 0.3) is 98.8 Å². The Morgan fingerprint density at radius 2 is 0.598 bits per heavy atom. The van der Waals surface area contributed by atoms with E-state index in [1.165, 1.54) is 33.4 Å². The first kappa shape index (κ1) is 50.3. The van der Waals surface area contributed by atoms with E-state index in [1.807, 2.05) is 0 Å². The van der Waals surface area contributed by atoms with Gasteiger partial charge in [-0.3, -0.25) is 0 Å². The molecule has 0 amide bonds. The molecular weight excluding hydrogens is 1060 g/mol. The standard InChI is InChI=1S/C83H56N2O2/c1-53-25-19-35-59(49-53)84(73-47-23-45-69-67-43-21-41-61(79(67)86-81(69)73)55-27-7-3-8-28-55)75-51-71-77(65-39-17-15-37-63(65)75)78-66-40-18-16-38-64(66)76(52-72(78)83(71,57-31-11-5-12-32-57)58-33-13-6-14-34-58)85(60-36-20-26-54(2)50-60)74-48-24-46-70-68-44-22-42-62(80(68)87-82(70)74)56-29-9-4-10-30-56/h3-52H,1-2H3. The number of fused-ring (bicyclic) bond motifs is 13. The molecule has 0 N–H and O–H groups in total. The molecule has 4 nitrogen and oxygen atoms in total. The second-order valence-corrected chi connectivity index (χ2v) is 23.2. The van der Waals surface area contributed by atoms with Crippen molar-refractivity contribution in [2.24, 2.45) is 0 Å². The minimum atomic E-state index is -0.854. The fraction of sp³-hybridized carbons (Fsp3) is 0.0361. The maximum absolute atomic E-state index is 7.34. The summed E-state index contributed by atoms with van der Waals surface area (Å²) in [4.78, 5) is 4.93. The van der Waals surface area contributed by atoms with E-state index in [4.69, 9.17) is 8.83 Å². The summed E-state index contributed by atoms with van der Waals surface area (Å²) in [6.45, 7) is 4.37. The molecule has 0 aliphatic heterocycles. The molecule has 0 atom stereocenters. The zero-order valence-corrected chi connectivity index (χ0v) is 48.1. The van der Waals surface area contributed by atoms with Crippen LogP contribution in [0.3, 0.4) is 0 Å². The lowest BCUT2D eigenvalue weighted by molar-refractivity contribution is 0.670. The van der Waals surface area contributed by atoms with E-state index < -0.39 is 5.41 Å². The molecule has 410 valence electrons. The van der Waals surface area contributed by atoms with Crippen LogP contribution >= 0.6 is 0 Å². The molecule has 2 heterocycles. The average Bonchev–Trinajstić information content (AvgIpc) is 1.54. The number of hydrogen-bond donors (Lipinski definition) is 0. The van der Waals surface area contributed by atoms with Gasteiger partial charge in [0.05, 0.1) is 28.2 Å². The van der Waals surface area contributed by atoms with Gasteiger partial charge in [0.2, 0.25) is 0 Å². The highest BCUT2D eigenvalue weighted by Crippen LogP contribution is 2.63. The predicted octanol–water partition coefficient (Wildman–Crippen LogP) is 23.0. The number of anilines is 6. The quantitative estimate of drug-likeness (QED) is 0.137. The largest absolute Gasteiger partial charge is 0.453 e. The van der Waals surface area contributed by atoms with Crippen molar-refractivity contribution >= 4 is 99.5 Å². The van der Waals surface area contributed by atoms with Gasteiger partial charge in [0.25, 0.3) is 0 Å². The summed E-state index contributed by atoms with van der Waals surface area (Å²) in [6.07, 6.45) is 0. The summed E-state index contributed by atoms with van der Waals surface area (Å²) in [6, 6.07) is 111. The Balaban J connectivity index is 0.991. The third kappa shape index (κ3) is 7.71. The predicted molar refractivity (Wildman–Crippen MR) is 363 cm³/mol. The molecule has 1 aliphatic rings. The number of rotatable bonds is 10. The van der Waals surface area contributed by atoms with E-state index in [-0.39, 0.29) is 0 Å². The molecule has 0 unspecified atom stereocenters. The van der Waals surface area contributed by atoms with E-state index in [0.717, 1.165) is 133 Å². The number of para-hydroxylation sites is 4. The number of hydrogen-bond acceptors (Lipinski definition) is 4. The van der Waals surface area contributed by atoms with Crippen molar-refractivity contribution in [3.63, 3.8) is 0 Å². The van der Waals surface area contributed by atoms with E-state index >= 15 is 0 Å². The lowest BCUT2D eigenvalue weighted by Gasteiger charge is -2.36. The first-order valence-corrected chi connectivity index (χ1v) is 30.0. The average molecular weight is 1110 g/mol. The van der Waals surface area contributed by atoms with Gasteiger partial charge < -0.3 is 18.6 Å². The Bertz CT molecular complexity index is 5040. The molecule has 0 saturated carbocycles. The summed E-state index contributed by atoms with van der Waals surface area (Å²) in [5.74, 6) is 0. The maximum atomic E-state index is 7.34. The van der Waals surface area contributed by atoms with E-state index in [2.05, 4.69) is 327 Å². The molecule has 4 heteroatoms. The summed E-state index contributed by atoms with van der Waals surface area (Å²) in [5.41, 5.74) is 22.4. The fourth-order valence-electron chi connectivity index (χ4n) is 14.5. The Hall–Kier alpha value is -11.2. The molecule has 0 saturated heterocycles. The molecule has 87 heavy (non-hydrogen) atoms. The molecule has 16 aromatic rings. The highest BCUT2D eigenvalue weighted by molar-refractivity contribution is 6.21. The first-order chi connectivity index (χ1) is 43.0. The van der Waals surface area contributed by atoms with Gasteiger partial charge in [-0.05, 0) is 129 Å². The fourth-order valence-corrected chi connectivity index (χ4v) is 14.5. The third-order valence-corrected chi connectivity index (χ3v) is 18.2. The highest BCUT2D eigenvalue weighted by Gasteiger charge is 2.49. The lowest BCUT2D eigenvalue weighted by atomic mass is 9.67. The molecule has 0 bridgehead atoms. The molecule has 17 rings (SSSR count). The van der Waals surface area contributed by atoms with Gasteiger partial charge in [0.1, 0.15) is 11.2 Å². The molecule has 0 fully saturated rings. The van der Waals surface area contributed by atoms with Crippen LogP contribution in [0.1, 0.15) is 33.4 Å². The van der Waals surface area contributed by atoms with Crippen molar-refractivity contribution in [2.45, 2.75) is 19.3 Å². The van der Waals surface area contributed by atoms with Crippen molar-refractivity contribution in [1.82, 2.24) is 0 Å². The molecule has 2 aromatic heterocycles. The Morgan fingerprint density at radius 3 is 1.00 bits per heavy atom. The first-order valence-electron chi connectivity index (χ1n) is 30.0. The molecule has 1 aliphatic carbocycles. The van der Waals surface area contributed by atoms with Crippen molar-refractivity contribution in [3.05, 3.63) is 337 Å². The van der Waals surface area contributed by atoms with Crippen LogP contribution in [-0.2, 0) is 5.41 Å². The Labute approximate surface area is 504 Å². The summed E-state index contributed by atoms with van der Waals surface area (Å²) >= 11 is 0. The van der Waals surface area contributed by atoms with Gasteiger partial charge >= 0.3 is 0 Å². The smallest absolute Gasteiger partial charge is 0.159 e. The van der Waals surface area contributed by atoms with Crippen LogP contribution < -0.4 is 9.80 Å². The van der Waals surface area contributed by atoms with Crippen LogP contribution in [0.5, 0.6) is 0 Å². The van der Waals surface area contributed by atoms with Gasteiger partial charge in [-0.25, -0.2) is 0 Å². The zero-order chi connectivity index (χ0) is 57.7. The van der Waals surface area contributed by atoms with E-state index in [1.54, 1.807) is 0 Å². The molecule has 14 aromatic carbocycles. The van der Waals surface area contributed by atoms with Crippen LogP contribution in [0, 0.1) is 13.8 Å². The topological polar surface area (TPSA) is 32.8 Å². The van der Waals surface area contributed by atoms with Crippen LogP contribution in [0.2, 0.25) is 0 Å². The second-order valence-electron chi connectivity index (χ2n) is 23.2. The minimum absolute atomic E-state index is 0.824. The van der Waals surface area contributed by atoms with Crippen molar-refractivity contribution in [1.29, 1.82) is 0 Å². The van der Waals surface area contributed by atoms with Gasteiger partial charge in [-0.2, -0.15) is 0 Å². The molecule has 0 spiro atoms. The van der Waals surface area contributed by atoms with Crippen molar-refractivity contribution in [2.75, 3.05) is 9.80 Å².